The van der Waals surface area contributed by atoms with Crippen LogP contribution in [0.4, 0.5) is 0 Å². The van der Waals surface area contributed by atoms with Gasteiger partial charge in [0.05, 0.1) is 5.69 Å². The molecule has 1 N–H and O–H groups in total. The molecule has 0 amide bonds. The summed E-state index contributed by atoms with van der Waals surface area (Å²) in [6.07, 6.45) is 0.700. The normalized spacial score (nSPS) is 11.3. The number of rotatable bonds is 5. The molecule has 0 saturated heterocycles. The SMILES string of the molecule is CC(C)N(C)CCc1cc(C(=O)O)on1. The van der Waals surface area contributed by atoms with Gasteiger partial charge in [0.25, 0.3) is 0 Å². The van der Waals surface area contributed by atoms with Crippen molar-refractivity contribution >= 4 is 5.97 Å². The second-order valence-electron chi connectivity index (χ2n) is 3.81. The van der Waals surface area contributed by atoms with E-state index in [1.54, 1.807) is 0 Å². The number of hydrogen-bond acceptors (Lipinski definition) is 4. The van der Waals surface area contributed by atoms with Crippen LogP contribution in [-0.4, -0.2) is 40.8 Å². The molecule has 0 aromatic carbocycles. The lowest BCUT2D eigenvalue weighted by atomic mass is 10.2. The van der Waals surface area contributed by atoms with E-state index in [1.165, 1.54) is 6.07 Å². The summed E-state index contributed by atoms with van der Waals surface area (Å²) in [4.78, 5) is 12.7. The van der Waals surface area contributed by atoms with Crippen molar-refractivity contribution in [2.45, 2.75) is 26.3 Å². The van der Waals surface area contributed by atoms with Gasteiger partial charge < -0.3 is 14.5 Å². The standard InChI is InChI=1S/C10H16N2O3/c1-7(2)12(3)5-4-8-6-9(10(13)14)15-11-8/h6-7H,4-5H2,1-3H3,(H,13,14). The molecule has 0 bridgehead atoms. The largest absolute Gasteiger partial charge is 0.475 e. The Kier molecular flexibility index (Phi) is 3.85. The molecular weight excluding hydrogens is 196 g/mol. The minimum absolute atomic E-state index is 0.0998. The summed E-state index contributed by atoms with van der Waals surface area (Å²) in [5, 5.41) is 12.3. The maximum atomic E-state index is 10.5. The topological polar surface area (TPSA) is 66.6 Å². The van der Waals surface area contributed by atoms with E-state index in [-0.39, 0.29) is 5.76 Å². The van der Waals surface area contributed by atoms with Crippen LogP contribution in [0, 0.1) is 0 Å². The van der Waals surface area contributed by atoms with Gasteiger partial charge in [-0.25, -0.2) is 4.79 Å². The van der Waals surface area contributed by atoms with Gasteiger partial charge in [-0.3, -0.25) is 0 Å². The fourth-order valence-electron chi connectivity index (χ4n) is 1.08. The lowest BCUT2D eigenvalue weighted by Crippen LogP contribution is -2.28. The van der Waals surface area contributed by atoms with Crippen LogP contribution in [0.25, 0.3) is 0 Å². The summed E-state index contributed by atoms with van der Waals surface area (Å²) in [5.41, 5.74) is 0.680. The van der Waals surface area contributed by atoms with E-state index in [1.807, 2.05) is 7.05 Å². The Labute approximate surface area is 88.7 Å². The third kappa shape index (κ3) is 3.36. The van der Waals surface area contributed by atoms with Crippen molar-refractivity contribution in [3.05, 3.63) is 17.5 Å². The van der Waals surface area contributed by atoms with Gasteiger partial charge >= 0.3 is 5.97 Å². The smallest absolute Gasteiger partial charge is 0.374 e. The van der Waals surface area contributed by atoms with Crippen molar-refractivity contribution in [1.82, 2.24) is 10.1 Å². The Morgan fingerprint density at radius 2 is 2.33 bits per heavy atom. The van der Waals surface area contributed by atoms with Gasteiger partial charge in [-0.1, -0.05) is 5.16 Å². The lowest BCUT2D eigenvalue weighted by Gasteiger charge is -2.19. The molecular formula is C10H16N2O3. The summed E-state index contributed by atoms with van der Waals surface area (Å²) < 4.78 is 4.65. The number of likely N-dealkylation sites (N-methyl/N-ethyl adjacent to an activating group) is 1. The van der Waals surface area contributed by atoms with Gasteiger partial charge in [-0.2, -0.15) is 0 Å². The maximum Gasteiger partial charge on any atom is 0.374 e. The van der Waals surface area contributed by atoms with E-state index in [0.29, 0.717) is 18.2 Å². The zero-order valence-corrected chi connectivity index (χ0v) is 9.23. The Balaban J connectivity index is 2.48. The second-order valence-corrected chi connectivity index (χ2v) is 3.81. The van der Waals surface area contributed by atoms with Crippen molar-refractivity contribution < 1.29 is 14.4 Å². The van der Waals surface area contributed by atoms with E-state index < -0.39 is 5.97 Å². The quantitative estimate of drug-likeness (QED) is 0.795. The molecule has 0 spiro atoms. The number of carbonyl (C=O) groups is 1. The van der Waals surface area contributed by atoms with Gasteiger partial charge in [0.1, 0.15) is 0 Å². The first-order chi connectivity index (χ1) is 7.00. The van der Waals surface area contributed by atoms with Crippen molar-refractivity contribution in [2.24, 2.45) is 0 Å². The first-order valence-electron chi connectivity index (χ1n) is 4.90. The van der Waals surface area contributed by atoms with Gasteiger partial charge in [0.2, 0.25) is 5.76 Å². The Morgan fingerprint density at radius 3 is 2.80 bits per heavy atom. The van der Waals surface area contributed by atoms with E-state index in [0.717, 1.165) is 6.54 Å². The van der Waals surface area contributed by atoms with E-state index in [4.69, 9.17) is 5.11 Å². The average molecular weight is 212 g/mol. The number of aromatic nitrogens is 1. The third-order valence-corrected chi connectivity index (χ3v) is 2.37. The first kappa shape index (κ1) is 11.7. The van der Waals surface area contributed by atoms with Crippen LogP contribution in [0.2, 0.25) is 0 Å². The average Bonchev–Trinajstić information content (AvgIpc) is 2.62. The van der Waals surface area contributed by atoms with Gasteiger partial charge in [-0.15, -0.1) is 0 Å². The number of carboxylic acid groups (broad SMARTS) is 1. The van der Waals surface area contributed by atoms with Crippen molar-refractivity contribution in [1.29, 1.82) is 0 Å². The Bertz CT molecular complexity index is 333. The molecule has 5 nitrogen and oxygen atoms in total. The van der Waals surface area contributed by atoms with Gasteiger partial charge in [0, 0.05) is 25.1 Å². The summed E-state index contributed by atoms with van der Waals surface area (Å²) >= 11 is 0. The predicted octanol–water partition coefficient (Wildman–Crippen LogP) is 1.26. The number of carboxylic acids is 1. The number of nitrogens with zero attached hydrogens (tertiary/aromatic N) is 2. The fraction of sp³-hybridized carbons (Fsp3) is 0.600. The molecule has 1 rings (SSSR count). The van der Waals surface area contributed by atoms with Gasteiger partial charge in [-0.05, 0) is 20.9 Å². The minimum atomic E-state index is -1.08. The van der Waals surface area contributed by atoms with E-state index in [9.17, 15) is 4.79 Å². The maximum absolute atomic E-state index is 10.5. The second kappa shape index (κ2) is 4.93. The molecule has 15 heavy (non-hydrogen) atoms. The Morgan fingerprint density at radius 1 is 1.67 bits per heavy atom. The number of aromatic carboxylic acids is 1. The molecule has 0 saturated carbocycles. The highest BCUT2D eigenvalue weighted by molar-refractivity contribution is 5.84. The molecule has 0 unspecified atom stereocenters. The summed E-state index contributed by atoms with van der Waals surface area (Å²) in [6.45, 7) is 5.04. The van der Waals surface area contributed by atoms with E-state index >= 15 is 0 Å². The molecule has 0 atom stereocenters. The molecule has 0 aliphatic heterocycles. The monoisotopic (exact) mass is 212 g/mol. The third-order valence-electron chi connectivity index (χ3n) is 2.37. The lowest BCUT2D eigenvalue weighted by molar-refractivity contribution is 0.0652. The van der Waals surface area contributed by atoms with Crippen molar-refractivity contribution in [2.75, 3.05) is 13.6 Å². The van der Waals surface area contributed by atoms with Gasteiger partial charge in [0.15, 0.2) is 0 Å². The van der Waals surface area contributed by atoms with Crippen LogP contribution in [0.3, 0.4) is 0 Å². The molecule has 5 heteroatoms. The molecule has 0 aliphatic rings. The zero-order chi connectivity index (χ0) is 11.4. The molecule has 1 heterocycles. The zero-order valence-electron chi connectivity index (χ0n) is 9.23. The van der Waals surface area contributed by atoms with E-state index in [2.05, 4.69) is 28.4 Å². The minimum Gasteiger partial charge on any atom is -0.475 e. The summed E-state index contributed by atoms with van der Waals surface area (Å²) in [5.74, 6) is -1.18. The van der Waals surface area contributed by atoms with Crippen molar-refractivity contribution in [3.63, 3.8) is 0 Å². The highest BCUT2D eigenvalue weighted by atomic mass is 16.5. The highest BCUT2D eigenvalue weighted by Crippen LogP contribution is 2.05. The highest BCUT2D eigenvalue weighted by Gasteiger charge is 2.11. The molecule has 0 aliphatic carbocycles. The van der Waals surface area contributed by atoms with Crippen LogP contribution in [0.1, 0.15) is 30.1 Å². The number of hydrogen-bond donors (Lipinski definition) is 1. The van der Waals surface area contributed by atoms with Crippen molar-refractivity contribution in [3.8, 4) is 0 Å². The molecule has 1 aromatic heterocycles. The fourth-order valence-corrected chi connectivity index (χ4v) is 1.08. The molecule has 0 radical (unpaired) electrons. The van der Waals surface area contributed by atoms with Crippen LogP contribution in [0.5, 0.6) is 0 Å². The molecule has 1 aromatic rings. The first-order valence-corrected chi connectivity index (χ1v) is 4.90. The van der Waals surface area contributed by atoms with Crippen LogP contribution in [-0.2, 0) is 6.42 Å². The van der Waals surface area contributed by atoms with Crippen LogP contribution in [0.15, 0.2) is 10.6 Å². The van der Waals surface area contributed by atoms with Crippen LogP contribution < -0.4 is 0 Å². The molecule has 84 valence electrons. The van der Waals surface area contributed by atoms with Crippen LogP contribution >= 0.6 is 0 Å². The summed E-state index contributed by atoms with van der Waals surface area (Å²) in [7, 11) is 2.02. The molecule has 0 fully saturated rings. The Hall–Kier alpha value is -1.36. The summed E-state index contributed by atoms with van der Waals surface area (Å²) in [6, 6.07) is 1.94. The predicted molar refractivity (Wildman–Crippen MR) is 54.9 cm³/mol.